The van der Waals surface area contributed by atoms with Crippen molar-refractivity contribution in [2.24, 2.45) is 0 Å². The zero-order valence-electron chi connectivity index (χ0n) is 10.8. The molecule has 96 valence electrons. The van der Waals surface area contributed by atoms with Gasteiger partial charge in [0.15, 0.2) is 0 Å². The molecule has 0 aliphatic rings. The van der Waals surface area contributed by atoms with Gasteiger partial charge in [-0.25, -0.2) is 4.98 Å². The van der Waals surface area contributed by atoms with Gasteiger partial charge in [0.05, 0.1) is 10.2 Å². The van der Waals surface area contributed by atoms with Gasteiger partial charge >= 0.3 is 0 Å². The highest BCUT2D eigenvalue weighted by Crippen LogP contribution is 2.21. The summed E-state index contributed by atoms with van der Waals surface area (Å²) in [7, 11) is 0. The lowest BCUT2D eigenvalue weighted by Crippen LogP contribution is -2.13. The maximum atomic E-state index is 4.61. The third-order valence-electron chi connectivity index (χ3n) is 3.08. The second-order valence-electron chi connectivity index (χ2n) is 4.48. The van der Waals surface area contributed by atoms with E-state index in [0.29, 0.717) is 0 Å². The van der Waals surface area contributed by atoms with Crippen LogP contribution in [0.4, 0.5) is 0 Å². The molecule has 0 unspecified atom stereocenters. The highest BCUT2D eigenvalue weighted by atomic mass is 32.1. The first-order valence-corrected chi connectivity index (χ1v) is 7.09. The van der Waals surface area contributed by atoms with Crippen LogP contribution in [0.15, 0.2) is 42.7 Å². The maximum Gasteiger partial charge on any atom is 0.108 e. The maximum absolute atomic E-state index is 4.61. The third-order valence-corrected chi connectivity index (χ3v) is 4.11. The van der Waals surface area contributed by atoms with Gasteiger partial charge in [0.2, 0.25) is 0 Å². The van der Waals surface area contributed by atoms with Gasteiger partial charge in [-0.05, 0) is 36.2 Å². The van der Waals surface area contributed by atoms with Crippen LogP contribution in [0.5, 0.6) is 0 Å². The number of aryl methyl sites for hydroxylation is 1. The molecule has 3 rings (SSSR count). The van der Waals surface area contributed by atoms with Crippen molar-refractivity contribution in [2.45, 2.75) is 20.0 Å². The SMILES string of the molecule is Cc1ccncc1CNCc1nc2ccccc2s1. The zero-order chi connectivity index (χ0) is 13.1. The van der Waals surface area contributed by atoms with Crippen molar-refractivity contribution in [3.05, 3.63) is 58.9 Å². The topological polar surface area (TPSA) is 37.8 Å². The van der Waals surface area contributed by atoms with Crippen LogP contribution in [-0.2, 0) is 13.1 Å². The predicted octanol–water partition coefficient (Wildman–Crippen LogP) is 3.29. The minimum absolute atomic E-state index is 0.799. The number of benzene rings is 1. The molecule has 2 heterocycles. The van der Waals surface area contributed by atoms with E-state index in [9.17, 15) is 0 Å². The average Bonchev–Trinajstić information content (AvgIpc) is 2.83. The molecule has 0 bridgehead atoms. The summed E-state index contributed by atoms with van der Waals surface area (Å²) < 4.78 is 1.25. The van der Waals surface area contributed by atoms with E-state index in [1.54, 1.807) is 11.3 Å². The Morgan fingerprint density at radius 1 is 1.16 bits per heavy atom. The molecule has 0 saturated heterocycles. The largest absolute Gasteiger partial charge is 0.306 e. The smallest absolute Gasteiger partial charge is 0.108 e. The van der Waals surface area contributed by atoms with Gasteiger partial charge in [0, 0.05) is 25.5 Å². The van der Waals surface area contributed by atoms with E-state index < -0.39 is 0 Å². The quantitative estimate of drug-likeness (QED) is 0.789. The van der Waals surface area contributed by atoms with Crippen molar-refractivity contribution in [1.29, 1.82) is 0 Å². The first-order valence-electron chi connectivity index (χ1n) is 6.27. The molecule has 0 amide bonds. The van der Waals surface area contributed by atoms with Crippen molar-refractivity contribution in [1.82, 2.24) is 15.3 Å². The minimum atomic E-state index is 0.799. The fraction of sp³-hybridized carbons (Fsp3) is 0.200. The molecule has 0 fully saturated rings. The van der Waals surface area contributed by atoms with Crippen LogP contribution >= 0.6 is 11.3 Å². The van der Waals surface area contributed by atoms with E-state index in [2.05, 4.69) is 40.4 Å². The molecule has 3 nitrogen and oxygen atoms in total. The number of fused-ring (bicyclic) bond motifs is 1. The van der Waals surface area contributed by atoms with Crippen LogP contribution in [0.2, 0.25) is 0 Å². The molecule has 4 heteroatoms. The molecule has 3 aromatic rings. The Balaban J connectivity index is 1.65. The number of aromatic nitrogens is 2. The highest BCUT2D eigenvalue weighted by molar-refractivity contribution is 7.18. The predicted molar refractivity (Wildman–Crippen MR) is 79.1 cm³/mol. The fourth-order valence-electron chi connectivity index (χ4n) is 1.98. The molecule has 0 atom stereocenters. The Morgan fingerprint density at radius 3 is 2.89 bits per heavy atom. The average molecular weight is 269 g/mol. The van der Waals surface area contributed by atoms with Crippen LogP contribution in [0.25, 0.3) is 10.2 Å². The Morgan fingerprint density at radius 2 is 2.05 bits per heavy atom. The zero-order valence-corrected chi connectivity index (χ0v) is 11.6. The van der Waals surface area contributed by atoms with E-state index in [1.807, 2.05) is 24.5 Å². The summed E-state index contributed by atoms with van der Waals surface area (Å²) in [6, 6.07) is 10.3. The first-order chi connectivity index (χ1) is 9.33. The molecular formula is C15H15N3S. The number of para-hydroxylation sites is 1. The van der Waals surface area contributed by atoms with Gasteiger partial charge in [-0.1, -0.05) is 12.1 Å². The summed E-state index contributed by atoms with van der Waals surface area (Å²) in [6.07, 6.45) is 3.74. The van der Waals surface area contributed by atoms with Gasteiger partial charge in [0.1, 0.15) is 5.01 Å². The Hall–Kier alpha value is -1.78. The van der Waals surface area contributed by atoms with Crippen LogP contribution in [0.3, 0.4) is 0 Å². The van der Waals surface area contributed by atoms with E-state index in [4.69, 9.17) is 0 Å². The Kier molecular flexibility index (Phi) is 3.53. The summed E-state index contributed by atoms with van der Waals surface area (Å²) in [5.74, 6) is 0. The number of pyridine rings is 1. The molecule has 0 spiro atoms. The number of nitrogens with zero attached hydrogens (tertiary/aromatic N) is 2. The van der Waals surface area contributed by atoms with Crippen LogP contribution < -0.4 is 5.32 Å². The molecule has 1 aromatic carbocycles. The lowest BCUT2D eigenvalue weighted by molar-refractivity contribution is 0.686. The van der Waals surface area contributed by atoms with Crippen molar-refractivity contribution in [3.63, 3.8) is 0 Å². The number of hydrogen-bond donors (Lipinski definition) is 1. The molecule has 0 aliphatic carbocycles. The van der Waals surface area contributed by atoms with Crippen LogP contribution in [0.1, 0.15) is 16.1 Å². The Bertz CT molecular complexity index is 657. The number of nitrogens with one attached hydrogen (secondary N) is 1. The van der Waals surface area contributed by atoms with Crippen LogP contribution in [0, 0.1) is 6.92 Å². The van der Waals surface area contributed by atoms with Gasteiger partial charge in [-0.15, -0.1) is 11.3 Å². The van der Waals surface area contributed by atoms with Crippen LogP contribution in [-0.4, -0.2) is 9.97 Å². The van der Waals surface area contributed by atoms with Gasteiger partial charge < -0.3 is 5.32 Å². The summed E-state index contributed by atoms with van der Waals surface area (Å²) in [5, 5.41) is 4.56. The first kappa shape index (κ1) is 12.3. The second-order valence-corrected chi connectivity index (χ2v) is 5.60. The monoisotopic (exact) mass is 269 g/mol. The van der Waals surface area contributed by atoms with E-state index >= 15 is 0 Å². The summed E-state index contributed by atoms with van der Waals surface area (Å²) in [5.41, 5.74) is 3.59. The molecule has 0 aliphatic heterocycles. The second kappa shape index (κ2) is 5.47. The molecule has 0 radical (unpaired) electrons. The van der Waals surface area contributed by atoms with Gasteiger partial charge in [-0.3, -0.25) is 4.98 Å². The fourth-order valence-corrected chi connectivity index (χ4v) is 2.92. The minimum Gasteiger partial charge on any atom is -0.306 e. The lowest BCUT2D eigenvalue weighted by Gasteiger charge is -2.05. The lowest BCUT2D eigenvalue weighted by atomic mass is 10.2. The van der Waals surface area contributed by atoms with Gasteiger partial charge in [-0.2, -0.15) is 0 Å². The number of thiazole rings is 1. The van der Waals surface area contributed by atoms with Crippen molar-refractivity contribution < 1.29 is 0 Å². The summed E-state index contributed by atoms with van der Waals surface area (Å²) in [4.78, 5) is 8.76. The van der Waals surface area contributed by atoms with Gasteiger partial charge in [0.25, 0.3) is 0 Å². The molecule has 2 aromatic heterocycles. The highest BCUT2D eigenvalue weighted by Gasteiger charge is 2.03. The van der Waals surface area contributed by atoms with Crippen molar-refractivity contribution in [3.8, 4) is 0 Å². The summed E-state index contributed by atoms with van der Waals surface area (Å²) in [6.45, 7) is 3.74. The molecular weight excluding hydrogens is 254 g/mol. The van der Waals surface area contributed by atoms with Crippen molar-refractivity contribution >= 4 is 21.6 Å². The van der Waals surface area contributed by atoms with E-state index in [0.717, 1.165) is 23.6 Å². The summed E-state index contributed by atoms with van der Waals surface area (Å²) >= 11 is 1.75. The standard InChI is InChI=1S/C15H15N3S/c1-11-6-7-16-8-12(11)9-17-10-15-18-13-4-2-3-5-14(13)19-15/h2-8,17H,9-10H2,1H3. The van der Waals surface area contributed by atoms with E-state index in [-0.39, 0.29) is 0 Å². The van der Waals surface area contributed by atoms with Crippen molar-refractivity contribution in [2.75, 3.05) is 0 Å². The Labute approximate surface area is 116 Å². The normalized spacial score (nSPS) is 11.0. The molecule has 19 heavy (non-hydrogen) atoms. The van der Waals surface area contributed by atoms with E-state index in [1.165, 1.54) is 15.8 Å². The molecule has 1 N–H and O–H groups in total. The number of rotatable bonds is 4. The molecule has 0 saturated carbocycles. The number of hydrogen-bond acceptors (Lipinski definition) is 4. The third kappa shape index (κ3) is 2.80.